The number of fused-ring (bicyclic) bond motifs is 1. The van der Waals surface area contributed by atoms with Crippen LogP contribution in [0.2, 0.25) is 0 Å². The van der Waals surface area contributed by atoms with Crippen LogP contribution in [0.5, 0.6) is 11.5 Å². The third-order valence-electron chi connectivity index (χ3n) is 9.46. The summed E-state index contributed by atoms with van der Waals surface area (Å²) in [6.07, 6.45) is 3.24. The lowest BCUT2D eigenvalue weighted by atomic mass is 10.1. The number of amides is 2. The van der Waals surface area contributed by atoms with E-state index in [4.69, 9.17) is 14.5 Å². The molecular formula is C36H43IN6O4. The van der Waals surface area contributed by atoms with Gasteiger partial charge in [-0.2, -0.15) is 0 Å². The van der Waals surface area contributed by atoms with Crippen molar-refractivity contribution in [2.24, 2.45) is 5.92 Å². The molecule has 1 aliphatic heterocycles. The van der Waals surface area contributed by atoms with E-state index in [1.165, 1.54) is 5.69 Å². The molecular weight excluding hydrogens is 707 g/mol. The van der Waals surface area contributed by atoms with Gasteiger partial charge >= 0.3 is 0 Å². The number of rotatable bonds is 11. The van der Waals surface area contributed by atoms with Crippen LogP contribution in [0.25, 0.3) is 22.4 Å². The number of piperazine rings is 1. The van der Waals surface area contributed by atoms with Gasteiger partial charge in [0.1, 0.15) is 5.82 Å². The van der Waals surface area contributed by atoms with Gasteiger partial charge in [0.15, 0.2) is 11.5 Å². The first-order chi connectivity index (χ1) is 22.9. The molecule has 1 saturated heterocycles. The molecule has 1 aliphatic carbocycles. The van der Waals surface area contributed by atoms with Crippen molar-refractivity contribution in [3.63, 3.8) is 0 Å². The van der Waals surface area contributed by atoms with Crippen LogP contribution in [0, 0.1) is 9.49 Å². The molecule has 2 aliphatic rings. The number of ether oxygens (including phenoxy) is 2. The summed E-state index contributed by atoms with van der Waals surface area (Å²) in [4.78, 5) is 35.9. The maximum atomic E-state index is 13.4. The number of nitrogens with one attached hydrogen (secondary N) is 2. The van der Waals surface area contributed by atoms with Gasteiger partial charge in [-0.05, 0) is 97.3 Å². The Morgan fingerprint density at radius 3 is 2.49 bits per heavy atom. The van der Waals surface area contributed by atoms with Crippen LogP contribution in [0.1, 0.15) is 42.1 Å². The lowest BCUT2D eigenvalue weighted by Gasteiger charge is -2.36. The lowest BCUT2D eigenvalue weighted by Crippen LogP contribution is -2.47. The summed E-state index contributed by atoms with van der Waals surface area (Å²) in [5.41, 5.74) is 4.46. The third kappa shape index (κ3) is 7.20. The van der Waals surface area contributed by atoms with E-state index in [0.717, 1.165) is 78.0 Å². The maximum absolute atomic E-state index is 13.4. The number of halogens is 1. The van der Waals surface area contributed by atoms with E-state index >= 15 is 0 Å². The van der Waals surface area contributed by atoms with Gasteiger partial charge in [-0.25, -0.2) is 4.98 Å². The first-order valence-corrected chi connectivity index (χ1v) is 17.4. The molecule has 1 aromatic heterocycles. The van der Waals surface area contributed by atoms with E-state index in [0.29, 0.717) is 30.0 Å². The smallest absolute Gasteiger partial charge is 0.251 e. The molecule has 11 heteroatoms. The zero-order valence-electron chi connectivity index (χ0n) is 27.3. The van der Waals surface area contributed by atoms with Crippen LogP contribution in [-0.2, 0) is 4.79 Å². The van der Waals surface area contributed by atoms with Crippen LogP contribution in [-0.4, -0.2) is 86.8 Å². The van der Waals surface area contributed by atoms with Crippen molar-refractivity contribution in [1.82, 2.24) is 25.1 Å². The fourth-order valence-corrected chi connectivity index (χ4v) is 7.79. The molecule has 2 atom stereocenters. The van der Waals surface area contributed by atoms with E-state index < -0.39 is 0 Å². The number of methoxy groups -OCH3 is 2. The van der Waals surface area contributed by atoms with Crippen molar-refractivity contribution in [1.29, 1.82) is 0 Å². The Balaban J connectivity index is 1.17. The van der Waals surface area contributed by atoms with Crippen molar-refractivity contribution < 1.29 is 19.1 Å². The Bertz CT molecular complexity index is 1720. The summed E-state index contributed by atoms with van der Waals surface area (Å²) in [6, 6.07) is 20.3. The highest BCUT2D eigenvalue weighted by molar-refractivity contribution is 14.1. The molecule has 248 valence electrons. The Labute approximate surface area is 289 Å². The highest BCUT2D eigenvalue weighted by Crippen LogP contribution is 2.42. The summed E-state index contributed by atoms with van der Waals surface area (Å²) in [5, 5.41) is 5.96. The number of anilines is 1. The number of carbonyl (C=O) groups excluding carboxylic acids is 2. The van der Waals surface area contributed by atoms with Crippen molar-refractivity contribution in [3.8, 4) is 22.9 Å². The Kier molecular flexibility index (Phi) is 10.5. The second kappa shape index (κ2) is 14.9. The van der Waals surface area contributed by atoms with Gasteiger partial charge in [0.05, 0.1) is 28.8 Å². The van der Waals surface area contributed by atoms with Crippen LogP contribution >= 0.6 is 22.6 Å². The molecule has 4 aromatic rings. The number of imidazole rings is 1. The van der Waals surface area contributed by atoms with Crippen molar-refractivity contribution in [2.45, 2.75) is 31.7 Å². The van der Waals surface area contributed by atoms with Crippen LogP contribution in [0.15, 0.2) is 60.7 Å². The Morgan fingerprint density at radius 1 is 0.979 bits per heavy atom. The number of para-hydroxylation sites is 1. The number of aromatic nitrogens is 2. The molecule has 2 fully saturated rings. The van der Waals surface area contributed by atoms with Gasteiger partial charge in [-0.3, -0.25) is 14.5 Å². The van der Waals surface area contributed by atoms with Crippen LogP contribution in [0.4, 0.5) is 5.69 Å². The second-order valence-corrected chi connectivity index (χ2v) is 13.4. The van der Waals surface area contributed by atoms with E-state index in [-0.39, 0.29) is 23.8 Å². The molecule has 47 heavy (non-hydrogen) atoms. The zero-order chi connectivity index (χ0) is 32.9. The topological polar surface area (TPSA) is 101 Å². The molecule has 0 unspecified atom stereocenters. The average Bonchev–Trinajstić information content (AvgIpc) is 3.75. The van der Waals surface area contributed by atoms with Gasteiger partial charge in [-0.1, -0.05) is 18.2 Å². The normalized spacial score (nSPS) is 18.3. The molecule has 10 nitrogen and oxygen atoms in total. The minimum Gasteiger partial charge on any atom is -0.493 e. The SMILES string of the molecule is CNC(=O)[C@@H]1CC[C@@H](n2c(-c3cc(I)c(OC)c(OC)c3)nc3ccc(C(=O)NCCCN4CCN(c5ccccc5)CC4)cc32)C1. The minimum atomic E-state index is -0.0922. The number of carbonyl (C=O) groups is 2. The molecule has 6 rings (SSSR count). The number of hydrogen-bond acceptors (Lipinski definition) is 7. The molecule has 3 aromatic carbocycles. The maximum Gasteiger partial charge on any atom is 0.251 e. The molecule has 2 heterocycles. The lowest BCUT2D eigenvalue weighted by molar-refractivity contribution is -0.124. The van der Waals surface area contributed by atoms with Crippen molar-refractivity contribution >= 4 is 51.1 Å². The van der Waals surface area contributed by atoms with Crippen LogP contribution in [0.3, 0.4) is 0 Å². The number of hydrogen-bond donors (Lipinski definition) is 2. The fourth-order valence-electron chi connectivity index (χ4n) is 6.96. The zero-order valence-corrected chi connectivity index (χ0v) is 29.5. The first kappa shape index (κ1) is 33.1. The summed E-state index contributed by atoms with van der Waals surface area (Å²) >= 11 is 2.25. The molecule has 2 N–H and O–H groups in total. The van der Waals surface area contributed by atoms with E-state index in [2.05, 4.69) is 77.9 Å². The van der Waals surface area contributed by atoms with Crippen molar-refractivity contribution in [3.05, 3.63) is 69.8 Å². The van der Waals surface area contributed by atoms with Gasteiger partial charge < -0.3 is 29.6 Å². The average molecular weight is 751 g/mol. The molecule has 1 saturated carbocycles. The molecule has 0 radical (unpaired) electrons. The number of nitrogens with zero attached hydrogens (tertiary/aromatic N) is 4. The summed E-state index contributed by atoms with van der Waals surface area (Å²) < 4.78 is 14.4. The predicted octanol–water partition coefficient (Wildman–Crippen LogP) is 5.35. The largest absolute Gasteiger partial charge is 0.493 e. The Hall–Kier alpha value is -3.84. The highest BCUT2D eigenvalue weighted by atomic mass is 127. The van der Waals surface area contributed by atoms with Gasteiger partial charge in [0, 0.05) is 68.5 Å². The van der Waals surface area contributed by atoms with Gasteiger partial charge in [0.25, 0.3) is 5.91 Å². The standard InChI is InChI=1S/C36H43IN6O4/c1-38-35(44)24-10-12-28(20-24)43-31-22-25(11-13-30(31)40-34(43)26-21-29(37)33(47-3)32(23-26)46-2)36(45)39-14-7-15-41-16-18-42(19-17-41)27-8-5-4-6-9-27/h4-6,8-9,11,13,21-24,28H,7,10,12,14-20H2,1-3H3,(H,38,44)(H,39,45)/t24-,28-/m1/s1. The Morgan fingerprint density at radius 2 is 1.77 bits per heavy atom. The highest BCUT2D eigenvalue weighted by Gasteiger charge is 2.33. The van der Waals surface area contributed by atoms with Gasteiger partial charge in [0.2, 0.25) is 5.91 Å². The predicted molar refractivity (Wildman–Crippen MR) is 193 cm³/mol. The minimum absolute atomic E-state index is 0.0590. The monoisotopic (exact) mass is 750 g/mol. The summed E-state index contributed by atoms with van der Waals surface area (Å²) in [7, 11) is 4.95. The van der Waals surface area contributed by atoms with Crippen molar-refractivity contribution in [2.75, 3.05) is 65.4 Å². The van der Waals surface area contributed by atoms with E-state index in [1.807, 2.05) is 30.3 Å². The second-order valence-electron chi connectivity index (χ2n) is 12.3. The first-order valence-electron chi connectivity index (χ1n) is 16.4. The van der Waals surface area contributed by atoms with Crippen LogP contribution < -0.4 is 25.0 Å². The molecule has 0 spiro atoms. The number of benzene rings is 3. The third-order valence-corrected chi connectivity index (χ3v) is 10.3. The van der Waals surface area contributed by atoms with Gasteiger partial charge in [-0.15, -0.1) is 0 Å². The fraction of sp³-hybridized carbons (Fsp3) is 0.417. The summed E-state index contributed by atoms with van der Waals surface area (Å²) in [5.74, 6) is 2.00. The molecule has 2 amide bonds. The molecule has 0 bridgehead atoms. The van der Waals surface area contributed by atoms with E-state index in [9.17, 15) is 9.59 Å². The van der Waals surface area contributed by atoms with E-state index in [1.54, 1.807) is 21.3 Å². The summed E-state index contributed by atoms with van der Waals surface area (Å²) in [6.45, 7) is 5.63. The quantitative estimate of drug-likeness (QED) is 0.158.